The zero-order chi connectivity index (χ0) is 20.8. The highest BCUT2D eigenvalue weighted by atomic mass is 35.5. The number of para-hydroxylation sites is 1. The molecule has 0 radical (unpaired) electrons. The molecule has 0 spiro atoms. The molecule has 0 unspecified atom stereocenters. The average molecular weight is 470 g/mol. The van der Waals surface area contributed by atoms with Crippen LogP contribution in [0, 0.1) is 10.1 Å². The Morgan fingerprint density at radius 3 is 2.59 bits per heavy atom. The highest BCUT2D eigenvalue weighted by Gasteiger charge is 2.24. The Morgan fingerprint density at radius 1 is 1.24 bits per heavy atom. The molecule has 11 heteroatoms. The third-order valence-electron chi connectivity index (χ3n) is 3.50. The van der Waals surface area contributed by atoms with Gasteiger partial charge in [0.15, 0.2) is 0 Å². The highest BCUT2D eigenvalue weighted by Crippen LogP contribution is 2.45. The van der Waals surface area contributed by atoms with Crippen molar-refractivity contribution in [2.24, 2.45) is 0 Å². The summed E-state index contributed by atoms with van der Waals surface area (Å²) in [6.45, 7) is 0.525. The second kappa shape index (κ2) is 9.93. The summed E-state index contributed by atoms with van der Waals surface area (Å²) < 4.78 is 5.81. The van der Waals surface area contributed by atoms with Crippen LogP contribution in [0.25, 0.3) is 0 Å². The summed E-state index contributed by atoms with van der Waals surface area (Å²) >= 11 is 14.2. The van der Waals surface area contributed by atoms with E-state index >= 15 is 0 Å². The highest BCUT2D eigenvalue weighted by molar-refractivity contribution is 8.01. The number of thiophene rings is 1. The van der Waals surface area contributed by atoms with Gasteiger partial charge in [0.25, 0.3) is 11.6 Å². The third kappa shape index (κ3) is 5.60. The van der Waals surface area contributed by atoms with Crippen LogP contribution in [-0.4, -0.2) is 29.0 Å². The summed E-state index contributed by atoms with van der Waals surface area (Å²) in [5, 5.41) is 14.6. The third-order valence-corrected chi connectivity index (χ3v) is 6.76. The molecule has 0 atom stereocenters. The maximum Gasteiger partial charge on any atom is 0.294 e. The van der Waals surface area contributed by atoms with Crippen LogP contribution in [-0.2, 0) is 0 Å². The molecular formula is C18H13Cl2N3O4S2. The van der Waals surface area contributed by atoms with E-state index in [-0.39, 0.29) is 33.8 Å². The number of hydrogen-bond donors (Lipinski definition) is 1. The molecule has 0 aliphatic heterocycles. The first-order valence-corrected chi connectivity index (χ1v) is 10.6. The molecule has 0 saturated carbocycles. The van der Waals surface area contributed by atoms with Gasteiger partial charge in [0, 0.05) is 18.5 Å². The molecule has 0 bridgehead atoms. The maximum absolute atomic E-state index is 12.4. The summed E-state index contributed by atoms with van der Waals surface area (Å²) in [6.07, 6.45) is 2.80. The van der Waals surface area contributed by atoms with Crippen molar-refractivity contribution in [3.05, 3.63) is 73.8 Å². The molecule has 0 fully saturated rings. The minimum Gasteiger partial charge on any atom is -0.492 e. The van der Waals surface area contributed by atoms with E-state index in [2.05, 4.69) is 10.3 Å². The van der Waals surface area contributed by atoms with Crippen molar-refractivity contribution >= 4 is 57.9 Å². The van der Waals surface area contributed by atoms with Crippen molar-refractivity contribution in [3.8, 4) is 5.75 Å². The molecule has 1 N–H and O–H groups in total. The lowest BCUT2D eigenvalue weighted by atomic mass is 10.3. The fourth-order valence-corrected chi connectivity index (χ4v) is 4.98. The molecular weight excluding hydrogens is 457 g/mol. The van der Waals surface area contributed by atoms with Gasteiger partial charge in [-0.05, 0) is 12.1 Å². The number of aromatic nitrogens is 1. The number of benzene rings is 1. The van der Waals surface area contributed by atoms with Crippen LogP contribution in [0.5, 0.6) is 5.75 Å². The normalized spacial score (nSPS) is 10.6. The molecule has 150 valence electrons. The van der Waals surface area contributed by atoms with Crippen molar-refractivity contribution in [3.63, 3.8) is 0 Å². The largest absolute Gasteiger partial charge is 0.492 e. The van der Waals surface area contributed by atoms with Crippen LogP contribution < -0.4 is 10.1 Å². The average Bonchev–Trinajstić information content (AvgIpc) is 3.13. The van der Waals surface area contributed by atoms with Crippen LogP contribution in [0.2, 0.25) is 10.0 Å². The van der Waals surface area contributed by atoms with Crippen LogP contribution in [0.4, 0.5) is 5.69 Å². The number of halogens is 2. The Balaban J connectivity index is 1.67. The lowest BCUT2D eigenvalue weighted by Crippen LogP contribution is -2.27. The molecule has 2 heterocycles. The number of amides is 1. The standard InChI is InChI=1S/C18H13Cl2N3O4S2/c19-12-9-21-10-13(20)16(12)29-18-14(23(25)26)8-15(28-18)17(24)22-6-7-27-11-4-2-1-3-5-11/h1-5,8-10H,6-7H2,(H,22,24). The van der Waals surface area contributed by atoms with Crippen molar-refractivity contribution < 1.29 is 14.5 Å². The Hall–Kier alpha value is -2.33. The van der Waals surface area contributed by atoms with E-state index in [1.807, 2.05) is 30.3 Å². The number of hydrogen-bond acceptors (Lipinski definition) is 7. The fraction of sp³-hybridized carbons (Fsp3) is 0.111. The summed E-state index contributed by atoms with van der Waals surface area (Å²) in [5.41, 5.74) is -0.186. The van der Waals surface area contributed by atoms with E-state index in [0.717, 1.165) is 23.1 Å². The number of nitrogens with one attached hydrogen (secondary N) is 1. The zero-order valence-corrected chi connectivity index (χ0v) is 17.8. The van der Waals surface area contributed by atoms with Crippen molar-refractivity contribution in [1.82, 2.24) is 10.3 Å². The molecule has 3 aromatic rings. The van der Waals surface area contributed by atoms with E-state index in [1.54, 1.807) is 0 Å². The smallest absolute Gasteiger partial charge is 0.294 e. The second-order valence-corrected chi connectivity index (χ2v) is 8.64. The fourth-order valence-electron chi connectivity index (χ4n) is 2.20. The SMILES string of the molecule is O=C(NCCOc1ccccc1)c1cc([N+](=O)[O-])c(Sc2c(Cl)cncc2Cl)s1. The van der Waals surface area contributed by atoms with E-state index in [0.29, 0.717) is 14.9 Å². The number of pyridine rings is 1. The van der Waals surface area contributed by atoms with Gasteiger partial charge in [-0.2, -0.15) is 0 Å². The first-order chi connectivity index (χ1) is 14.0. The van der Waals surface area contributed by atoms with E-state index in [1.165, 1.54) is 18.5 Å². The lowest BCUT2D eigenvalue weighted by molar-refractivity contribution is -0.387. The van der Waals surface area contributed by atoms with Crippen LogP contribution in [0.1, 0.15) is 9.67 Å². The summed E-state index contributed by atoms with van der Waals surface area (Å²) in [7, 11) is 0. The molecule has 7 nitrogen and oxygen atoms in total. The second-order valence-electron chi connectivity index (χ2n) is 5.49. The Labute approximate surface area is 184 Å². The zero-order valence-electron chi connectivity index (χ0n) is 14.6. The van der Waals surface area contributed by atoms with Gasteiger partial charge in [0.1, 0.15) is 21.4 Å². The van der Waals surface area contributed by atoms with Crippen LogP contribution >= 0.6 is 46.3 Å². The van der Waals surface area contributed by atoms with E-state index < -0.39 is 10.8 Å². The van der Waals surface area contributed by atoms with Gasteiger partial charge in [0.05, 0.1) is 26.4 Å². The minimum atomic E-state index is -0.545. The predicted octanol–water partition coefficient (Wildman–Crippen LogP) is 5.32. The number of nitro groups is 1. The lowest BCUT2D eigenvalue weighted by Gasteiger charge is -2.06. The van der Waals surface area contributed by atoms with Gasteiger partial charge in [-0.1, -0.05) is 53.2 Å². The molecule has 0 saturated heterocycles. The Bertz CT molecular complexity index is 1010. The van der Waals surface area contributed by atoms with Gasteiger partial charge in [0.2, 0.25) is 0 Å². The molecule has 1 amide bonds. The molecule has 2 aromatic heterocycles. The summed E-state index contributed by atoms with van der Waals surface area (Å²) in [6, 6.07) is 10.4. The van der Waals surface area contributed by atoms with Gasteiger partial charge in [-0.3, -0.25) is 19.9 Å². The minimum absolute atomic E-state index is 0.186. The maximum atomic E-state index is 12.4. The van der Waals surface area contributed by atoms with Crippen LogP contribution in [0.15, 0.2) is 57.9 Å². The first-order valence-electron chi connectivity index (χ1n) is 8.17. The molecule has 3 rings (SSSR count). The quantitative estimate of drug-likeness (QED) is 0.272. The monoisotopic (exact) mass is 469 g/mol. The first kappa shape index (κ1) is 21.4. The number of carbonyl (C=O) groups excluding carboxylic acids is 1. The molecule has 0 aliphatic carbocycles. The van der Waals surface area contributed by atoms with Crippen molar-refractivity contribution in [2.45, 2.75) is 9.10 Å². The van der Waals surface area contributed by atoms with Crippen molar-refractivity contribution in [2.75, 3.05) is 13.2 Å². The van der Waals surface area contributed by atoms with Gasteiger partial charge in [-0.25, -0.2) is 0 Å². The number of carbonyl (C=O) groups is 1. The predicted molar refractivity (Wildman–Crippen MR) is 114 cm³/mol. The van der Waals surface area contributed by atoms with Gasteiger partial charge < -0.3 is 10.1 Å². The molecule has 29 heavy (non-hydrogen) atoms. The van der Waals surface area contributed by atoms with Crippen LogP contribution in [0.3, 0.4) is 0 Å². The van der Waals surface area contributed by atoms with Gasteiger partial charge >= 0.3 is 0 Å². The number of rotatable bonds is 8. The number of nitrogens with zero attached hydrogens (tertiary/aromatic N) is 2. The Kier molecular flexibility index (Phi) is 7.32. The summed E-state index contributed by atoms with van der Waals surface area (Å²) in [5.74, 6) is 0.270. The van der Waals surface area contributed by atoms with Crippen molar-refractivity contribution in [1.29, 1.82) is 0 Å². The molecule has 0 aliphatic rings. The van der Waals surface area contributed by atoms with E-state index in [9.17, 15) is 14.9 Å². The molecule has 1 aromatic carbocycles. The topological polar surface area (TPSA) is 94.4 Å². The van der Waals surface area contributed by atoms with Gasteiger partial charge in [-0.15, -0.1) is 11.3 Å². The number of ether oxygens (including phenoxy) is 1. The Morgan fingerprint density at radius 2 is 1.93 bits per heavy atom. The summed E-state index contributed by atoms with van der Waals surface area (Å²) in [4.78, 5) is 27.7. The van der Waals surface area contributed by atoms with E-state index in [4.69, 9.17) is 27.9 Å².